The van der Waals surface area contributed by atoms with E-state index >= 15 is 0 Å². The van der Waals surface area contributed by atoms with E-state index in [1.54, 1.807) is 0 Å². The van der Waals surface area contributed by atoms with E-state index in [1.807, 2.05) is 12.2 Å². The van der Waals surface area contributed by atoms with Crippen molar-refractivity contribution in [2.75, 3.05) is 6.61 Å². The maximum Gasteiger partial charge on any atom is 0.306 e. The van der Waals surface area contributed by atoms with Gasteiger partial charge in [0.1, 0.15) is 6.10 Å². The largest absolute Gasteiger partial charge is 0.461 e. The maximum absolute atomic E-state index is 13.2. The third-order valence-electron chi connectivity index (χ3n) is 11.8. The van der Waals surface area contributed by atoms with Gasteiger partial charge in [0.05, 0.1) is 25.2 Å². The van der Waals surface area contributed by atoms with E-state index in [4.69, 9.17) is 4.74 Å². The van der Waals surface area contributed by atoms with E-state index in [2.05, 4.69) is 86.8 Å². The number of aliphatic hydroxyl groups excluding tert-OH is 2. The molecule has 0 saturated carbocycles. The number of ether oxygens (including phenoxy) is 1. The minimum absolute atomic E-state index is 0.00560. The van der Waals surface area contributed by atoms with Crippen molar-refractivity contribution in [2.24, 2.45) is 0 Å². The first-order valence-corrected chi connectivity index (χ1v) is 26.7. The summed E-state index contributed by atoms with van der Waals surface area (Å²) in [6, 6.07) is -0.736. The van der Waals surface area contributed by atoms with Crippen LogP contribution in [0.5, 0.6) is 0 Å². The number of allylic oxidation sites excluding steroid dienone is 11. The van der Waals surface area contributed by atoms with Crippen LogP contribution in [0.25, 0.3) is 0 Å². The Bertz CT molecular complexity index is 1170. The number of esters is 1. The van der Waals surface area contributed by atoms with Gasteiger partial charge in [0.15, 0.2) is 0 Å². The molecule has 364 valence electrons. The van der Waals surface area contributed by atoms with Crippen LogP contribution >= 0.6 is 0 Å². The maximum atomic E-state index is 13.2. The Morgan fingerprint density at radius 3 is 1.37 bits per heavy atom. The van der Waals surface area contributed by atoms with Gasteiger partial charge in [-0.3, -0.25) is 9.59 Å². The van der Waals surface area contributed by atoms with Crippen molar-refractivity contribution < 1.29 is 24.5 Å². The minimum atomic E-state index is -0.816. The smallest absolute Gasteiger partial charge is 0.306 e. The molecule has 0 aliphatic rings. The zero-order valence-corrected chi connectivity index (χ0v) is 41.4. The number of unbranched alkanes of at least 4 members (excludes halogenated alkanes) is 24. The van der Waals surface area contributed by atoms with Gasteiger partial charge < -0.3 is 20.3 Å². The van der Waals surface area contributed by atoms with Gasteiger partial charge in [0, 0.05) is 12.8 Å². The van der Waals surface area contributed by atoms with Crippen LogP contribution in [0.2, 0.25) is 0 Å². The average Bonchev–Trinajstić information content (AvgIpc) is 3.28. The summed E-state index contributed by atoms with van der Waals surface area (Å²) >= 11 is 0. The van der Waals surface area contributed by atoms with Gasteiger partial charge in [-0.15, -0.1) is 0 Å². The molecule has 6 nitrogen and oxygen atoms in total. The fourth-order valence-corrected chi connectivity index (χ4v) is 7.74. The Kier molecular flexibility index (Phi) is 48.1. The zero-order valence-electron chi connectivity index (χ0n) is 41.4. The van der Waals surface area contributed by atoms with Gasteiger partial charge in [-0.05, 0) is 70.6 Å². The molecule has 0 saturated heterocycles. The first kappa shape index (κ1) is 60.3. The molecular formula is C57H101NO5. The second kappa shape index (κ2) is 50.3. The van der Waals surface area contributed by atoms with Crippen LogP contribution in [0.15, 0.2) is 72.9 Å². The van der Waals surface area contributed by atoms with E-state index < -0.39 is 18.2 Å². The SMILES string of the molecule is CC/C=C\C/C=C\C/C=C\C/C=C\C/C=C\CC(CC(=O)NC(CO)C(O)CCCCCCCCCCCCCCCCCCC)OC(=O)CCCCCCC/C=C\CCCCC. The van der Waals surface area contributed by atoms with Crippen LogP contribution in [-0.4, -0.2) is 46.9 Å². The summed E-state index contributed by atoms with van der Waals surface area (Å²) in [6.45, 7) is 6.32. The topological polar surface area (TPSA) is 95.9 Å². The van der Waals surface area contributed by atoms with Crippen molar-refractivity contribution in [2.45, 2.75) is 270 Å². The average molecular weight is 880 g/mol. The lowest BCUT2D eigenvalue weighted by atomic mass is 10.0. The first-order valence-electron chi connectivity index (χ1n) is 26.7. The van der Waals surface area contributed by atoms with E-state index in [1.165, 1.54) is 128 Å². The molecule has 0 radical (unpaired) electrons. The lowest BCUT2D eigenvalue weighted by Crippen LogP contribution is -2.46. The Balaban J connectivity index is 4.65. The van der Waals surface area contributed by atoms with Crippen LogP contribution in [0.1, 0.15) is 252 Å². The predicted octanol–water partition coefficient (Wildman–Crippen LogP) is 16.2. The molecule has 3 atom stereocenters. The monoisotopic (exact) mass is 880 g/mol. The van der Waals surface area contributed by atoms with Gasteiger partial charge >= 0.3 is 5.97 Å². The van der Waals surface area contributed by atoms with Gasteiger partial charge in [0.2, 0.25) is 5.91 Å². The van der Waals surface area contributed by atoms with Crippen LogP contribution in [0.3, 0.4) is 0 Å². The van der Waals surface area contributed by atoms with Gasteiger partial charge in [-0.25, -0.2) is 0 Å². The molecule has 3 N–H and O–H groups in total. The third kappa shape index (κ3) is 45.7. The second-order valence-electron chi connectivity index (χ2n) is 17.9. The lowest BCUT2D eigenvalue weighted by Gasteiger charge is -2.24. The van der Waals surface area contributed by atoms with Crippen molar-refractivity contribution in [1.82, 2.24) is 5.32 Å². The van der Waals surface area contributed by atoms with Crippen molar-refractivity contribution in [3.63, 3.8) is 0 Å². The van der Waals surface area contributed by atoms with Crippen molar-refractivity contribution in [1.29, 1.82) is 0 Å². The number of carbonyl (C=O) groups is 2. The predicted molar refractivity (Wildman–Crippen MR) is 273 cm³/mol. The fourth-order valence-electron chi connectivity index (χ4n) is 7.74. The minimum Gasteiger partial charge on any atom is -0.461 e. The first-order chi connectivity index (χ1) is 31.0. The summed E-state index contributed by atoms with van der Waals surface area (Å²) in [4.78, 5) is 26.1. The highest BCUT2D eigenvalue weighted by molar-refractivity contribution is 5.77. The number of hydrogen-bond donors (Lipinski definition) is 3. The Morgan fingerprint density at radius 2 is 0.889 bits per heavy atom. The molecule has 0 rings (SSSR count). The van der Waals surface area contributed by atoms with Crippen LogP contribution < -0.4 is 5.32 Å². The van der Waals surface area contributed by atoms with E-state index in [0.29, 0.717) is 19.3 Å². The molecule has 0 aromatic rings. The van der Waals surface area contributed by atoms with Crippen LogP contribution in [-0.2, 0) is 14.3 Å². The quantitative estimate of drug-likeness (QED) is 0.0321. The standard InChI is InChI=1S/C57H101NO5/c1-4-7-10-13-16-19-22-25-27-28-30-32-34-37-40-43-46-49-55(60)54(52-59)58-56(61)51-53(48-45-42-39-36-33-31-29-26-23-20-17-14-11-8-5-2)63-57(62)50-47-44-41-38-35-24-21-18-15-12-9-6-3/h8,11,17-18,20-21,26,29,33,36,42,45,53-55,59-60H,4-7,9-10,12-16,19,22-25,27-28,30-32,34-35,37-41,43-44,46-52H2,1-3H3,(H,58,61)/b11-8-,20-17-,21-18-,29-26-,36-33-,45-42-. The van der Waals surface area contributed by atoms with E-state index in [0.717, 1.165) is 77.0 Å². The molecule has 0 aliphatic heterocycles. The van der Waals surface area contributed by atoms with Crippen LogP contribution in [0, 0.1) is 0 Å². The highest BCUT2D eigenvalue weighted by Gasteiger charge is 2.23. The second-order valence-corrected chi connectivity index (χ2v) is 17.9. The number of nitrogens with one attached hydrogen (secondary N) is 1. The highest BCUT2D eigenvalue weighted by atomic mass is 16.5. The van der Waals surface area contributed by atoms with Gasteiger partial charge in [-0.2, -0.15) is 0 Å². The third-order valence-corrected chi connectivity index (χ3v) is 11.8. The normalized spacial score (nSPS) is 13.8. The summed E-state index contributed by atoms with van der Waals surface area (Å²) in [5, 5.41) is 23.8. The molecule has 0 aromatic heterocycles. The molecule has 6 heteroatoms. The molecule has 0 spiro atoms. The van der Waals surface area contributed by atoms with Crippen molar-refractivity contribution in [3.05, 3.63) is 72.9 Å². The summed E-state index contributed by atoms with van der Waals surface area (Å²) < 4.78 is 5.86. The summed E-state index contributed by atoms with van der Waals surface area (Å²) in [5.74, 6) is -0.590. The van der Waals surface area contributed by atoms with Crippen molar-refractivity contribution in [3.8, 4) is 0 Å². The molecule has 3 unspecified atom stereocenters. The van der Waals surface area contributed by atoms with Gasteiger partial charge in [-0.1, -0.05) is 235 Å². The van der Waals surface area contributed by atoms with E-state index in [-0.39, 0.29) is 24.9 Å². The summed E-state index contributed by atoms with van der Waals surface area (Å²) in [7, 11) is 0. The number of carbonyl (C=O) groups excluding carboxylic acids is 2. The molecule has 0 fully saturated rings. The fraction of sp³-hybridized carbons (Fsp3) is 0.754. The Hall–Kier alpha value is -2.70. The number of amides is 1. The van der Waals surface area contributed by atoms with Crippen molar-refractivity contribution >= 4 is 11.9 Å². The Morgan fingerprint density at radius 1 is 0.492 bits per heavy atom. The van der Waals surface area contributed by atoms with E-state index in [9.17, 15) is 19.8 Å². The summed E-state index contributed by atoms with van der Waals surface area (Å²) in [6.07, 6.45) is 64.1. The highest BCUT2D eigenvalue weighted by Crippen LogP contribution is 2.17. The van der Waals surface area contributed by atoms with Gasteiger partial charge in [0.25, 0.3) is 0 Å². The zero-order chi connectivity index (χ0) is 45.9. The van der Waals surface area contributed by atoms with Crippen LogP contribution in [0.4, 0.5) is 0 Å². The lowest BCUT2D eigenvalue weighted by molar-refractivity contribution is -0.150. The molecule has 0 aromatic carbocycles. The molecule has 1 amide bonds. The summed E-state index contributed by atoms with van der Waals surface area (Å²) in [5.41, 5.74) is 0. The Labute approximate surface area is 390 Å². The molecule has 0 heterocycles. The molecule has 0 aliphatic carbocycles. The number of hydrogen-bond acceptors (Lipinski definition) is 5. The number of aliphatic hydroxyl groups is 2. The molecule has 0 bridgehead atoms. The number of rotatable bonds is 47. The molecular weight excluding hydrogens is 779 g/mol. The molecule has 63 heavy (non-hydrogen) atoms.